The fraction of sp³-hybridized carbons (Fsp3) is 1.00. The van der Waals surface area contributed by atoms with Crippen LogP contribution in [0.15, 0.2) is 0 Å². The molecule has 3 atom stereocenters. The van der Waals surface area contributed by atoms with E-state index in [1.165, 1.54) is 103 Å². The molecule has 0 nitrogen and oxygen atoms in total. The van der Waals surface area contributed by atoms with Crippen LogP contribution in [0.4, 0.5) is 0 Å². The quantitative estimate of drug-likeness (QED) is 0.199. The Balaban J connectivity index is 3.45. The van der Waals surface area contributed by atoms with Crippen molar-refractivity contribution in [1.82, 2.24) is 0 Å². The van der Waals surface area contributed by atoms with Gasteiger partial charge in [0.05, 0.1) is 0 Å². The van der Waals surface area contributed by atoms with E-state index in [4.69, 9.17) is 0 Å². The first-order valence-electron chi connectivity index (χ1n) is 12.5. The molecule has 0 radical (unpaired) electrons. The van der Waals surface area contributed by atoms with Gasteiger partial charge in [0.25, 0.3) is 0 Å². The molecule has 158 valence electrons. The maximum absolute atomic E-state index is 2.49. The Labute approximate surface area is 168 Å². The molecule has 3 unspecified atom stereocenters. The lowest BCUT2D eigenvalue weighted by Gasteiger charge is -2.16. The zero-order valence-electron chi connectivity index (χ0n) is 19.6. The van der Waals surface area contributed by atoms with Gasteiger partial charge in [-0.2, -0.15) is 0 Å². The van der Waals surface area contributed by atoms with Crippen LogP contribution >= 0.6 is 0 Å². The second kappa shape index (κ2) is 18.4. The van der Waals surface area contributed by atoms with Gasteiger partial charge < -0.3 is 0 Å². The lowest BCUT2D eigenvalue weighted by atomic mass is 9.90. The lowest BCUT2D eigenvalue weighted by Crippen LogP contribution is -2.01. The molecular weight excluding hydrogens is 312 g/mol. The van der Waals surface area contributed by atoms with Crippen molar-refractivity contribution in [3.63, 3.8) is 0 Å². The van der Waals surface area contributed by atoms with Crippen LogP contribution in [-0.4, -0.2) is 0 Å². The molecule has 0 aromatic carbocycles. The number of rotatable bonds is 19. The monoisotopic (exact) mass is 366 g/mol. The molecular formula is C26H54. The maximum atomic E-state index is 2.49. The third-order valence-corrected chi connectivity index (χ3v) is 6.32. The van der Waals surface area contributed by atoms with Crippen molar-refractivity contribution in [2.45, 2.75) is 144 Å². The molecule has 0 aliphatic carbocycles. The Kier molecular flexibility index (Phi) is 18.4. The van der Waals surface area contributed by atoms with E-state index in [9.17, 15) is 0 Å². The minimum Gasteiger partial charge on any atom is -0.0654 e. The molecule has 0 aliphatic rings. The van der Waals surface area contributed by atoms with E-state index in [1.807, 2.05) is 0 Å². The molecule has 0 saturated carbocycles. The Morgan fingerprint density at radius 3 is 1.15 bits per heavy atom. The van der Waals surface area contributed by atoms with Gasteiger partial charge in [-0.15, -0.1) is 0 Å². The molecule has 0 rings (SSSR count). The van der Waals surface area contributed by atoms with Gasteiger partial charge in [0.2, 0.25) is 0 Å². The second-order valence-corrected chi connectivity index (χ2v) is 10.1. The van der Waals surface area contributed by atoms with Crippen molar-refractivity contribution in [3.05, 3.63) is 0 Å². The minimum atomic E-state index is 0.880. The third kappa shape index (κ3) is 18.8. The van der Waals surface area contributed by atoms with Crippen molar-refractivity contribution in [1.29, 1.82) is 0 Å². The Bertz CT molecular complexity index is 267. The van der Waals surface area contributed by atoms with Gasteiger partial charge in [0.15, 0.2) is 0 Å². The number of hydrogen-bond donors (Lipinski definition) is 0. The Hall–Kier alpha value is 0. The molecule has 0 aliphatic heterocycles. The molecule has 0 aromatic rings. The number of unbranched alkanes of at least 4 members (excludes halogenated alkanes) is 5. The summed E-state index contributed by atoms with van der Waals surface area (Å²) in [5.74, 6) is 3.72. The Morgan fingerprint density at radius 2 is 0.731 bits per heavy atom. The van der Waals surface area contributed by atoms with Crippen molar-refractivity contribution in [3.8, 4) is 0 Å². The van der Waals surface area contributed by atoms with Crippen LogP contribution in [0.5, 0.6) is 0 Å². The fourth-order valence-corrected chi connectivity index (χ4v) is 4.21. The standard InChI is InChI=1S/C26H54/c1-7-8-9-10-11-12-17-24(4)19-14-21-26(6)22-15-20-25(5)18-13-16-23(2)3/h23-26H,7-22H2,1-6H3. The number of hydrogen-bond acceptors (Lipinski definition) is 0. The third-order valence-electron chi connectivity index (χ3n) is 6.32. The van der Waals surface area contributed by atoms with Crippen molar-refractivity contribution in [2.75, 3.05) is 0 Å². The van der Waals surface area contributed by atoms with E-state index in [0.29, 0.717) is 0 Å². The predicted octanol–water partition coefficient (Wildman–Crippen LogP) is 9.81. The summed E-state index contributed by atoms with van der Waals surface area (Å²) in [4.78, 5) is 0. The summed E-state index contributed by atoms with van der Waals surface area (Å²) in [6.07, 6.45) is 23.2. The first kappa shape index (κ1) is 26.0. The molecule has 0 aromatic heterocycles. The van der Waals surface area contributed by atoms with Crippen LogP contribution < -0.4 is 0 Å². The van der Waals surface area contributed by atoms with Gasteiger partial charge in [-0.3, -0.25) is 0 Å². The average Bonchev–Trinajstić information content (AvgIpc) is 2.57. The van der Waals surface area contributed by atoms with Crippen LogP contribution in [0.2, 0.25) is 0 Å². The molecule has 0 fully saturated rings. The SMILES string of the molecule is CCCCCCCCC(C)CCCC(C)CCCC(C)CCCC(C)C. The van der Waals surface area contributed by atoms with Crippen LogP contribution in [0.1, 0.15) is 144 Å². The largest absolute Gasteiger partial charge is 0.0654 e. The second-order valence-electron chi connectivity index (χ2n) is 10.1. The zero-order chi connectivity index (χ0) is 19.6. The molecule has 0 saturated heterocycles. The molecule has 0 heteroatoms. The smallest absolute Gasteiger partial charge is 0.0443 e. The topological polar surface area (TPSA) is 0 Å². The van der Waals surface area contributed by atoms with Gasteiger partial charge in [-0.1, -0.05) is 144 Å². The summed E-state index contributed by atoms with van der Waals surface area (Å²) in [5.41, 5.74) is 0. The molecule has 0 N–H and O–H groups in total. The highest BCUT2D eigenvalue weighted by molar-refractivity contribution is 4.61. The lowest BCUT2D eigenvalue weighted by molar-refractivity contribution is 0.371. The Morgan fingerprint density at radius 1 is 0.385 bits per heavy atom. The van der Waals surface area contributed by atoms with Gasteiger partial charge in [-0.25, -0.2) is 0 Å². The van der Waals surface area contributed by atoms with Crippen LogP contribution in [0.3, 0.4) is 0 Å². The van der Waals surface area contributed by atoms with Gasteiger partial charge in [0, 0.05) is 0 Å². The zero-order valence-corrected chi connectivity index (χ0v) is 19.6. The summed E-state index contributed by atoms with van der Waals surface area (Å²) in [7, 11) is 0. The summed E-state index contributed by atoms with van der Waals surface area (Å²) < 4.78 is 0. The van der Waals surface area contributed by atoms with Crippen LogP contribution in [0.25, 0.3) is 0 Å². The van der Waals surface area contributed by atoms with Crippen LogP contribution in [-0.2, 0) is 0 Å². The van der Waals surface area contributed by atoms with Crippen molar-refractivity contribution < 1.29 is 0 Å². The summed E-state index contributed by atoms with van der Waals surface area (Å²) in [6, 6.07) is 0. The van der Waals surface area contributed by atoms with E-state index >= 15 is 0 Å². The molecule has 0 bridgehead atoms. The van der Waals surface area contributed by atoms with Gasteiger partial charge in [0.1, 0.15) is 0 Å². The molecule has 26 heavy (non-hydrogen) atoms. The van der Waals surface area contributed by atoms with E-state index in [0.717, 1.165) is 23.7 Å². The van der Waals surface area contributed by atoms with Gasteiger partial charge in [-0.05, 0) is 23.7 Å². The molecule has 0 spiro atoms. The first-order valence-corrected chi connectivity index (χ1v) is 12.5. The summed E-state index contributed by atoms with van der Waals surface area (Å²) in [5, 5.41) is 0. The highest BCUT2D eigenvalue weighted by atomic mass is 14.1. The van der Waals surface area contributed by atoms with Crippen LogP contribution in [0, 0.1) is 23.7 Å². The minimum absolute atomic E-state index is 0.880. The predicted molar refractivity (Wildman–Crippen MR) is 122 cm³/mol. The van der Waals surface area contributed by atoms with Gasteiger partial charge >= 0.3 is 0 Å². The highest BCUT2D eigenvalue weighted by Crippen LogP contribution is 2.23. The summed E-state index contributed by atoms with van der Waals surface area (Å²) >= 11 is 0. The van der Waals surface area contributed by atoms with E-state index in [-0.39, 0.29) is 0 Å². The maximum Gasteiger partial charge on any atom is -0.0443 e. The highest BCUT2D eigenvalue weighted by Gasteiger charge is 2.08. The van der Waals surface area contributed by atoms with E-state index < -0.39 is 0 Å². The molecule has 0 heterocycles. The normalized spacial score (nSPS) is 15.3. The van der Waals surface area contributed by atoms with E-state index in [2.05, 4.69) is 41.5 Å². The fourth-order valence-electron chi connectivity index (χ4n) is 4.21. The first-order chi connectivity index (χ1) is 12.5. The summed E-state index contributed by atoms with van der Waals surface area (Å²) in [6.45, 7) is 14.4. The van der Waals surface area contributed by atoms with E-state index in [1.54, 1.807) is 0 Å². The van der Waals surface area contributed by atoms with Crippen molar-refractivity contribution in [2.24, 2.45) is 23.7 Å². The average molecular weight is 367 g/mol. The molecule has 0 amide bonds. The van der Waals surface area contributed by atoms with Crippen molar-refractivity contribution >= 4 is 0 Å².